The summed E-state index contributed by atoms with van der Waals surface area (Å²) in [7, 11) is 4.27. The molecule has 2 unspecified atom stereocenters. The Balaban J connectivity index is 4.92. The Morgan fingerprint density at radius 1 is 0.579 bits per heavy atom. The highest BCUT2D eigenvalue weighted by molar-refractivity contribution is 8.03. The Morgan fingerprint density at radius 2 is 0.789 bits per heavy atom. The lowest BCUT2D eigenvalue weighted by molar-refractivity contribution is 0.121. The van der Waals surface area contributed by atoms with Gasteiger partial charge in [-0.2, -0.15) is 0 Å². The minimum absolute atomic E-state index is 0.0369. The number of hydrogen-bond donors (Lipinski definition) is 0. The molecule has 6 nitrogen and oxygen atoms in total. The molecule has 0 aromatic rings. The molecule has 0 fully saturated rings. The van der Waals surface area contributed by atoms with E-state index in [0.29, 0.717) is 0 Å². The van der Waals surface area contributed by atoms with Gasteiger partial charge in [-0.3, -0.25) is 0 Å². The maximum atomic E-state index is 5.48. The standard InChI is InChI=1S/C10H26O6SSi2/c1-9(18(11-3,12-4)13-5)17-10(2)19(14-6,15-7)16-8/h9-10H,1-8H3. The summed E-state index contributed by atoms with van der Waals surface area (Å²) in [5.74, 6) is 0. The van der Waals surface area contributed by atoms with E-state index in [2.05, 4.69) is 0 Å². The minimum atomic E-state index is -2.68. The molecular weight excluding hydrogens is 304 g/mol. The Morgan fingerprint density at radius 3 is 0.947 bits per heavy atom. The largest absolute Gasteiger partial charge is 0.513 e. The van der Waals surface area contributed by atoms with Gasteiger partial charge in [-0.1, -0.05) is 0 Å². The van der Waals surface area contributed by atoms with Gasteiger partial charge in [0.15, 0.2) is 0 Å². The molecule has 0 saturated heterocycles. The molecule has 0 aromatic carbocycles. The Hall–Kier alpha value is 0.544. The summed E-state index contributed by atoms with van der Waals surface area (Å²) in [5.41, 5.74) is 0. The molecule has 0 N–H and O–H groups in total. The molecule has 116 valence electrons. The van der Waals surface area contributed by atoms with Gasteiger partial charge in [-0.25, -0.2) is 0 Å². The third-order valence-electron chi connectivity index (χ3n) is 3.11. The van der Waals surface area contributed by atoms with Crippen molar-refractivity contribution in [3.63, 3.8) is 0 Å². The summed E-state index contributed by atoms with van der Waals surface area (Å²) >= 11 is 1.63. The number of hydrogen-bond acceptors (Lipinski definition) is 7. The highest BCUT2D eigenvalue weighted by Crippen LogP contribution is 2.32. The van der Waals surface area contributed by atoms with Crippen LogP contribution in [0.1, 0.15) is 13.8 Å². The quantitative estimate of drug-likeness (QED) is 0.560. The highest BCUT2D eigenvalue weighted by atomic mass is 32.2. The maximum absolute atomic E-state index is 5.48. The van der Waals surface area contributed by atoms with Crippen molar-refractivity contribution in [2.24, 2.45) is 0 Å². The van der Waals surface area contributed by atoms with Crippen molar-refractivity contribution in [1.29, 1.82) is 0 Å². The van der Waals surface area contributed by atoms with E-state index in [-0.39, 0.29) is 9.75 Å². The Labute approximate surface area is 122 Å². The monoisotopic (exact) mass is 330 g/mol. The molecule has 0 bridgehead atoms. The summed E-state index contributed by atoms with van der Waals surface area (Å²) in [6.45, 7) is 4.04. The second-order valence-electron chi connectivity index (χ2n) is 3.85. The van der Waals surface area contributed by atoms with E-state index in [4.69, 9.17) is 26.6 Å². The van der Waals surface area contributed by atoms with Crippen LogP contribution in [0.25, 0.3) is 0 Å². The van der Waals surface area contributed by atoms with Gasteiger partial charge in [0.25, 0.3) is 0 Å². The third-order valence-corrected chi connectivity index (χ3v) is 11.9. The first-order valence-corrected chi connectivity index (χ1v) is 10.4. The van der Waals surface area contributed by atoms with Gasteiger partial charge in [-0.05, 0) is 13.8 Å². The van der Waals surface area contributed by atoms with Crippen LogP contribution in [0.4, 0.5) is 0 Å². The molecule has 19 heavy (non-hydrogen) atoms. The molecule has 0 radical (unpaired) electrons. The predicted octanol–water partition coefficient (Wildman–Crippen LogP) is 1.33. The first kappa shape index (κ1) is 19.5. The van der Waals surface area contributed by atoms with Crippen molar-refractivity contribution in [3.05, 3.63) is 0 Å². The molecular formula is C10H26O6SSi2. The second-order valence-corrected chi connectivity index (χ2v) is 13.0. The van der Waals surface area contributed by atoms with E-state index >= 15 is 0 Å². The second kappa shape index (κ2) is 8.75. The fourth-order valence-corrected chi connectivity index (χ4v) is 10.3. The van der Waals surface area contributed by atoms with E-state index in [9.17, 15) is 0 Å². The number of thioether (sulfide) groups is 1. The lowest BCUT2D eigenvalue weighted by atomic mass is 10.9. The first-order chi connectivity index (χ1) is 8.91. The lowest BCUT2D eigenvalue weighted by Crippen LogP contribution is -2.56. The van der Waals surface area contributed by atoms with E-state index < -0.39 is 17.6 Å². The average molecular weight is 331 g/mol. The fraction of sp³-hybridized carbons (Fsp3) is 1.00. The molecule has 0 saturated carbocycles. The molecule has 9 heteroatoms. The van der Waals surface area contributed by atoms with Crippen LogP contribution in [0.5, 0.6) is 0 Å². The van der Waals surface area contributed by atoms with Crippen molar-refractivity contribution < 1.29 is 26.6 Å². The van der Waals surface area contributed by atoms with E-state index in [0.717, 1.165) is 0 Å². The molecule has 0 aliphatic heterocycles. The smallest absolute Gasteiger partial charge is 0.376 e. The SMILES string of the molecule is CO[Si](OC)(OC)C(C)SC(C)[Si](OC)(OC)OC. The molecule has 0 aliphatic carbocycles. The zero-order chi connectivity index (χ0) is 15.1. The van der Waals surface area contributed by atoms with Crippen LogP contribution in [0.3, 0.4) is 0 Å². The van der Waals surface area contributed by atoms with Crippen molar-refractivity contribution in [2.75, 3.05) is 42.7 Å². The van der Waals surface area contributed by atoms with Gasteiger partial charge in [0.2, 0.25) is 0 Å². The molecule has 0 aromatic heterocycles. The summed E-state index contributed by atoms with van der Waals surface area (Å²) in [4.78, 5) is 0.0737. The summed E-state index contributed by atoms with van der Waals surface area (Å²) in [6, 6.07) is 0. The minimum Gasteiger partial charge on any atom is -0.376 e. The molecule has 0 aliphatic rings. The summed E-state index contributed by atoms with van der Waals surface area (Å²) in [5, 5.41) is 0. The van der Waals surface area contributed by atoms with Crippen LogP contribution in [-0.2, 0) is 26.6 Å². The van der Waals surface area contributed by atoms with Crippen molar-refractivity contribution in [1.82, 2.24) is 0 Å². The van der Waals surface area contributed by atoms with Crippen molar-refractivity contribution >= 4 is 29.4 Å². The first-order valence-electron chi connectivity index (χ1n) is 5.88. The molecule has 2 atom stereocenters. The summed E-state index contributed by atoms with van der Waals surface area (Å²) < 4.78 is 32.9. The van der Waals surface area contributed by atoms with Gasteiger partial charge in [0.1, 0.15) is 0 Å². The molecule has 0 spiro atoms. The number of rotatable bonds is 10. The van der Waals surface area contributed by atoms with Gasteiger partial charge in [0.05, 0.1) is 9.75 Å². The van der Waals surface area contributed by atoms with Crippen LogP contribution in [0.15, 0.2) is 0 Å². The van der Waals surface area contributed by atoms with Crippen LogP contribution in [0.2, 0.25) is 0 Å². The van der Waals surface area contributed by atoms with E-state index in [1.807, 2.05) is 13.8 Å². The fourth-order valence-electron chi connectivity index (χ4n) is 1.97. The van der Waals surface area contributed by atoms with Crippen LogP contribution >= 0.6 is 11.8 Å². The normalized spacial score (nSPS) is 16.4. The Kier molecular flexibility index (Phi) is 9.00. The molecule has 0 rings (SSSR count). The van der Waals surface area contributed by atoms with Crippen LogP contribution in [0, 0.1) is 0 Å². The summed E-state index contributed by atoms with van der Waals surface area (Å²) in [6.07, 6.45) is 0. The predicted molar refractivity (Wildman–Crippen MR) is 80.1 cm³/mol. The average Bonchev–Trinajstić information content (AvgIpc) is 2.44. The topological polar surface area (TPSA) is 55.4 Å². The lowest BCUT2D eigenvalue weighted by Gasteiger charge is -2.35. The van der Waals surface area contributed by atoms with Crippen molar-refractivity contribution in [3.8, 4) is 0 Å². The van der Waals surface area contributed by atoms with Gasteiger partial charge in [-0.15, -0.1) is 11.8 Å². The Bertz CT molecular complexity index is 210. The maximum Gasteiger partial charge on any atom is 0.513 e. The van der Waals surface area contributed by atoms with Gasteiger partial charge < -0.3 is 26.6 Å². The van der Waals surface area contributed by atoms with Crippen LogP contribution in [-0.4, -0.2) is 70.0 Å². The highest BCUT2D eigenvalue weighted by Gasteiger charge is 2.51. The third kappa shape index (κ3) is 4.25. The van der Waals surface area contributed by atoms with Crippen LogP contribution < -0.4 is 0 Å². The zero-order valence-corrected chi connectivity index (χ0v) is 15.8. The van der Waals surface area contributed by atoms with Crippen molar-refractivity contribution in [2.45, 2.75) is 23.6 Å². The zero-order valence-electron chi connectivity index (χ0n) is 13.0. The van der Waals surface area contributed by atoms with Gasteiger partial charge >= 0.3 is 17.6 Å². The molecule has 0 amide bonds. The van der Waals surface area contributed by atoms with Gasteiger partial charge in [0, 0.05) is 42.7 Å². The molecule has 0 heterocycles. The van der Waals surface area contributed by atoms with E-state index in [1.54, 1.807) is 54.4 Å². The van der Waals surface area contributed by atoms with E-state index in [1.165, 1.54) is 0 Å².